The average molecular weight is 303 g/mol. The second kappa shape index (κ2) is 3.73. The van der Waals surface area contributed by atoms with Crippen molar-refractivity contribution in [2.75, 3.05) is 0 Å². The first-order chi connectivity index (χ1) is 11.0. The number of nitrogens with one attached hydrogen (secondary N) is 1. The van der Waals surface area contributed by atoms with Gasteiger partial charge in [0.15, 0.2) is 0 Å². The van der Waals surface area contributed by atoms with Crippen molar-refractivity contribution in [3.05, 3.63) is 70.8 Å². The maximum Gasteiger partial charge on any atom is 0.231 e. The van der Waals surface area contributed by atoms with Crippen LogP contribution < -0.4 is 5.32 Å². The summed E-state index contributed by atoms with van der Waals surface area (Å²) in [7, 11) is 0. The quantitative estimate of drug-likeness (QED) is 0.760. The zero-order chi connectivity index (χ0) is 16.0. The Morgan fingerprint density at radius 1 is 0.696 bits per heavy atom. The predicted octanol–water partition coefficient (Wildman–Crippen LogP) is 2.51. The van der Waals surface area contributed by atoms with Crippen LogP contribution in [0.15, 0.2) is 48.5 Å². The summed E-state index contributed by atoms with van der Waals surface area (Å²) < 4.78 is 0. The van der Waals surface area contributed by atoms with Gasteiger partial charge in [0.25, 0.3) is 0 Å². The van der Waals surface area contributed by atoms with Crippen molar-refractivity contribution in [2.24, 2.45) is 11.8 Å². The van der Waals surface area contributed by atoms with Crippen molar-refractivity contribution in [1.29, 1.82) is 0 Å². The van der Waals surface area contributed by atoms with Crippen LogP contribution in [0.3, 0.4) is 0 Å². The molecule has 1 aliphatic heterocycles. The van der Waals surface area contributed by atoms with Crippen molar-refractivity contribution < 1.29 is 9.59 Å². The first-order valence-electron chi connectivity index (χ1n) is 8.05. The number of hydrogen-bond acceptors (Lipinski definition) is 2. The van der Waals surface area contributed by atoms with Gasteiger partial charge in [0.1, 0.15) is 0 Å². The molecule has 0 spiro atoms. The van der Waals surface area contributed by atoms with Crippen LogP contribution in [0.25, 0.3) is 0 Å². The first-order valence-corrected chi connectivity index (χ1v) is 8.05. The van der Waals surface area contributed by atoms with E-state index in [9.17, 15) is 9.59 Å². The molecule has 3 aliphatic carbocycles. The Kier molecular flexibility index (Phi) is 2.12. The lowest BCUT2D eigenvalue weighted by atomic mass is 9.42. The van der Waals surface area contributed by atoms with Crippen LogP contribution in [0.2, 0.25) is 0 Å². The van der Waals surface area contributed by atoms with Gasteiger partial charge < -0.3 is 0 Å². The highest BCUT2D eigenvalue weighted by Crippen LogP contribution is 2.65. The fourth-order valence-corrected chi connectivity index (χ4v) is 5.51. The molecule has 2 bridgehead atoms. The van der Waals surface area contributed by atoms with Crippen LogP contribution in [-0.4, -0.2) is 11.8 Å². The van der Waals surface area contributed by atoms with Crippen molar-refractivity contribution in [2.45, 2.75) is 24.7 Å². The zero-order valence-electron chi connectivity index (χ0n) is 13.1. The number of benzene rings is 2. The standard InChI is InChI=1S/C20H17NO2/c1-19-11-7-3-5-9-13(11)20(2,14-10-6-4-8-12(14)19)16-15(19)17(22)21-18(16)23/h3-10,15-16H,1-2H3,(H,21,22,23). The van der Waals surface area contributed by atoms with E-state index in [-0.39, 0.29) is 23.7 Å². The van der Waals surface area contributed by atoms with E-state index in [1.165, 1.54) is 22.3 Å². The molecule has 1 N–H and O–H groups in total. The summed E-state index contributed by atoms with van der Waals surface area (Å²) in [6.45, 7) is 4.25. The molecule has 0 saturated carbocycles. The minimum absolute atomic E-state index is 0.127. The molecule has 0 radical (unpaired) electrons. The molecule has 2 unspecified atom stereocenters. The highest BCUT2D eigenvalue weighted by atomic mass is 16.2. The molecule has 114 valence electrons. The third-order valence-electron chi connectivity index (χ3n) is 6.48. The largest absolute Gasteiger partial charge is 0.296 e. The molecule has 23 heavy (non-hydrogen) atoms. The van der Waals surface area contributed by atoms with Gasteiger partial charge in [0.05, 0.1) is 11.8 Å². The SMILES string of the molecule is CC12c3ccccc3C(C)(c3ccccc31)C1C(=O)NC(=O)C12. The third kappa shape index (κ3) is 1.18. The summed E-state index contributed by atoms with van der Waals surface area (Å²) in [5.41, 5.74) is 3.84. The summed E-state index contributed by atoms with van der Waals surface area (Å²) in [6.07, 6.45) is 0. The van der Waals surface area contributed by atoms with Gasteiger partial charge in [-0.15, -0.1) is 0 Å². The van der Waals surface area contributed by atoms with Crippen LogP contribution in [0, 0.1) is 11.8 Å². The zero-order valence-corrected chi connectivity index (χ0v) is 13.1. The molecule has 2 aromatic carbocycles. The fraction of sp³-hybridized carbons (Fsp3) is 0.300. The van der Waals surface area contributed by atoms with Gasteiger partial charge in [-0.05, 0) is 22.3 Å². The lowest BCUT2D eigenvalue weighted by Gasteiger charge is -2.57. The molecule has 1 heterocycles. The number of hydrogen-bond donors (Lipinski definition) is 1. The van der Waals surface area contributed by atoms with E-state index in [4.69, 9.17) is 0 Å². The van der Waals surface area contributed by atoms with E-state index in [0.29, 0.717) is 0 Å². The Hall–Kier alpha value is -2.42. The smallest absolute Gasteiger partial charge is 0.231 e. The van der Waals surface area contributed by atoms with Crippen LogP contribution >= 0.6 is 0 Å². The Labute approximate surface area is 134 Å². The average Bonchev–Trinajstić information content (AvgIpc) is 2.88. The second-order valence-corrected chi connectivity index (χ2v) is 7.30. The normalized spacial score (nSPS) is 36.3. The molecule has 2 amide bonds. The van der Waals surface area contributed by atoms with Gasteiger partial charge in [-0.1, -0.05) is 62.4 Å². The molecule has 2 aromatic rings. The van der Waals surface area contributed by atoms with Crippen molar-refractivity contribution >= 4 is 11.8 Å². The third-order valence-corrected chi connectivity index (χ3v) is 6.48. The molecule has 6 rings (SSSR count). The van der Waals surface area contributed by atoms with E-state index < -0.39 is 10.8 Å². The maximum absolute atomic E-state index is 12.6. The molecule has 3 nitrogen and oxygen atoms in total. The van der Waals surface area contributed by atoms with Crippen LogP contribution in [0.4, 0.5) is 0 Å². The Bertz CT molecular complexity index is 779. The molecule has 1 saturated heterocycles. The second-order valence-electron chi connectivity index (χ2n) is 7.30. The molecule has 2 atom stereocenters. The number of carbonyl (C=O) groups excluding carboxylic acids is 2. The van der Waals surface area contributed by atoms with Gasteiger partial charge in [0, 0.05) is 10.8 Å². The summed E-state index contributed by atoms with van der Waals surface area (Å²) in [6, 6.07) is 16.6. The Morgan fingerprint density at radius 2 is 1.00 bits per heavy atom. The maximum atomic E-state index is 12.6. The Morgan fingerprint density at radius 3 is 1.30 bits per heavy atom. The molecular formula is C20H17NO2. The number of carbonyl (C=O) groups is 2. The van der Waals surface area contributed by atoms with Crippen LogP contribution in [0.5, 0.6) is 0 Å². The van der Waals surface area contributed by atoms with E-state index in [2.05, 4.69) is 43.4 Å². The van der Waals surface area contributed by atoms with Gasteiger partial charge in [-0.3, -0.25) is 14.9 Å². The van der Waals surface area contributed by atoms with Crippen molar-refractivity contribution in [3.8, 4) is 0 Å². The summed E-state index contributed by atoms with van der Waals surface area (Å²) in [4.78, 5) is 25.3. The predicted molar refractivity (Wildman–Crippen MR) is 85.9 cm³/mol. The van der Waals surface area contributed by atoms with Crippen LogP contribution in [-0.2, 0) is 20.4 Å². The fourth-order valence-electron chi connectivity index (χ4n) is 5.51. The number of rotatable bonds is 0. The lowest BCUT2D eigenvalue weighted by molar-refractivity contribution is -0.126. The molecule has 1 fully saturated rings. The molecule has 0 aromatic heterocycles. The first kappa shape index (κ1) is 13.1. The summed E-state index contributed by atoms with van der Waals surface area (Å²) in [5.74, 6) is -0.912. The number of imide groups is 1. The van der Waals surface area contributed by atoms with Gasteiger partial charge in [-0.2, -0.15) is 0 Å². The monoisotopic (exact) mass is 303 g/mol. The van der Waals surface area contributed by atoms with Crippen molar-refractivity contribution in [1.82, 2.24) is 5.32 Å². The topological polar surface area (TPSA) is 46.2 Å². The highest BCUT2D eigenvalue weighted by Gasteiger charge is 2.68. The van der Waals surface area contributed by atoms with Crippen LogP contribution in [0.1, 0.15) is 36.1 Å². The number of amides is 2. The minimum atomic E-state index is -0.453. The van der Waals surface area contributed by atoms with E-state index >= 15 is 0 Å². The van der Waals surface area contributed by atoms with Gasteiger partial charge >= 0.3 is 0 Å². The molecule has 4 aliphatic rings. The molecule has 3 heteroatoms. The van der Waals surface area contributed by atoms with E-state index in [1.54, 1.807) is 0 Å². The minimum Gasteiger partial charge on any atom is -0.296 e. The van der Waals surface area contributed by atoms with Gasteiger partial charge in [-0.25, -0.2) is 0 Å². The van der Waals surface area contributed by atoms with E-state index in [0.717, 1.165) is 0 Å². The summed E-state index contributed by atoms with van der Waals surface area (Å²) >= 11 is 0. The highest BCUT2D eigenvalue weighted by molar-refractivity contribution is 6.08. The summed E-state index contributed by atoms with van der Waals surface area (Å²) in [5, 5.41) is 2.60. The molecular weight excluding hydrogens is 286 g/mol. The van der Waals surface area contributed by atoms with Crippen molar-refractivity contribution in [3.63, 3.8) is 0 Å². The Balaban J connectivity index is 1.99. The lowest BCUT2D eigenvalue weighted by Crippen LogP contribution is -2.59. The van der Waals surface area contributed by atoms with E-state index in [1.807, 2.05) is 24.3 Å². The van der Waals surface area contributed by atoms with Gasteiger partial charge in [0.2, 0.25) is 11.8 Å².